The van der Waals surface area contributed by atoms with Crippen LogP contribution >= 0.6 is 28.1 Å². The molecular weight excluding hydrogens is 502 g/mol. The Kier molecular flexibility index (Phi) is 9.89. The average molecular weight is 524 g/mol. The molecule has 0 atom stereocenters. The van der Waals surface area contributed by atoms with Crippen LogP contribution in [-0.2, 0) is 9.53 Å². The molecule has 0 heterocycles. The molecule has 2 aromatic carbocycles. The Labute approximate surface area is 198 Å². The minimum Gasteiger partial charge on any atom is -0.496 e. The van der Waals surface area contributed by atoms with Gasteiger partial charge in [0.25, 0.3) is 11.8 Å². The Hall–Kier alpha value is -3.18. The SMILES string of the molecule is CCCOC(=O)c1ccc(OCC(=O)NNC(=S)NC(=O)c2cc(Br)ccc2OC)cc1. The van der Waals surface area contributed by atoms with Gasteiger partial charge >= 0.3 is 5.97 Å². The molecule has 3 N–H and O–H groups in total. The van der Waals surface area contributed by atoms with Crippen LogP contribution in [0.4, 0.5) is 0 Å². The highest BCUT2D eigenvalue weighted by atomic mass is 79.9. The first-order valence-electron chi connectivity index (χ1n) is 9.47. The fourth-order valence-corrected chi connectivity index (χ4v) is 2.84. The van der Waals surface area contributed by atoms with Crippen molar-refractivity contribution in [1.82, 2.24) is 16.2 Å². The molecule has 11 heteroatoms. The number of esters is 1. The quantitative estimate of drug-likeness (QED) is 0.275. The molecule has 0 saturated heterocycles. The van der Waals surface area contributed by atoms with Crippen molar-refractivity contribution in [2.24, 2.45) is 0 Å². The third-order valence-electron chi connectivity index (χ3n) is 3.85. The van der Waals surface area contributed by atoms with Gasteiger partial charge in [-0.2, -0.15) is 0 Å². The summed E-state index contributed by atoms with van der Waals surface area (Å²) in [6.45, 7) is 1.94. The number of hydrogen-bond donors (Lipinski definition) is 3. The summed E-state index contributed by atoms with van der Waals surface area (Å²) in [6, 6.07) is 11.2. The van der Waals surface area contributed by atoms with Crippen LogP contribution < -0.4 is 25.6 Å². The van der Waals surface area contributed by atoms with Gasteiger partial charge in [-0.05, 0) is 61.1 Å². The first-order valence-corrected chi connectivity index (χ1v) is 10.7. The number of methoxy groups -OCH3 is 1. The van der Waals surface area contributed by atoms with E-state index in [-0.39, 0.29) is 17.3 Å². The lowest BCUT2D eigenvalue weighted by atomic mass is 10.2. The number of nitrogens with one attached hydrogen (secondary N) is 3. The Balaban J connectivity index is 1.77. The Morgan fingerprint density at radius 1 is 1.06 bits per heavy atom. The van der Waals surface area contributed by atoms with Gasteiger partial charge in [-0.3, -0.25) is 25.8 Å². The van der Waals surface area contributed by atoms with E-state index in [0.717, 1.165) is 6.42 Å². The molecule has 9 nitrogen and oxygen atoms in total. The van der Waals surface area contributed by atoms with Crippen molar-refractivity contribution >= 4 is 51.0 Å². The number of benzene rings is 2. The molecule has 0 radical (unpaired) electrons. The molecule has 0 aliphatic rings. The minimum atomic E-state index is -0.534. The largest absolute Gasteiger partial charge is 0.496 e. The van der Waals surface area contributed by atoms with Gasteiger partial charge in [0, 0.05) is 4.47 Å². The van der Waals surface area contributed by atoms with Gasteiger partial charge in [0.05, 0.1) is 24.8 Å². The maximum absolute atomic E-state index is 12.4. The van der Waals surface area contributed by atoms with E-state index in [1.54, 1.807) is 42.5 Å². The zero-order valence-electron chi connectivity index (χ0n) is 17.4. The molecule has 170 valence electrons. The molecule has 2 rings (SSSR count). The summed E-state index contributed by atoms with van der Waals surface area (Å²) in [5.74, 6) is -0.700. The number of carbonyl (C=O) groups is 3. The third-order valence-corrected chi connectivity index (χ3v) is 4.54. The molecule has 32 heavy (non-hydrogen) atoms. The normalized spacial score (nSPS) is 9.97. The topological polar surface area (TPSA) is 115 Å². The van der Waals surface area contributed by atoms with Crippen molar-refractivity contribution in [3.8, 4) is 11.5 Å². The summed E-state index contributed by atoms with van der Waals surface area (Å²) < 4.78 is 16.2. The van der Waals surface area contributed by atoms with Crippen LogP contribution in [0.5, 0.6) is 11.5 Å². The van der Waals surface area contributed by atoms with Crippen LogP contribution in [0.15, 0.2) is 46.9 Å². The summed E-state index contributed by atoms with van der Waals surface area (Å²) in [7, 11) is 1.45. The number of rotatable bonds is 8. The lowest BCUT2D eigenvalue weighted by Gasteiger charge is -2.13. The molecule has 2 amide bonds. The number of ether oxygens (including phenoxy) is 3. The maximum atomic E-state index is 12.4. The molecule has 0 bridgehead atoms. The highest BCUT2D eigenvalue weighted by Gasteiger charge is 2.14. The van der Waals surface area contributed by atoms with Crippen molar-refractivity contribution in [2.75, 3.05) is 20.3 Å². The first kappa shape index (κ1) is 25.1. The van der Waals surface area contributed by atoms with Crippen LogP contribution in [0.1, 0.15) is 34.1 Å². The van der Waals surface area contributed by atoms with Crippen molar-refractivity contribution in [2.45, 2.75) is 13.3 Å². The zero-order chi connectivity index (χ0) is 23.5. The van der Waals surface area contributed by atoms with Crippen LogP contribution in [0.2, 0.25) is 0 Å². The van der Waals surface area contributed by atoms with Gasteiger partial charge < -0.3 is 14.2 Å². The number of hydrazine groups is 1. The fraction of sp³-hybridized carbons (Fsp3) is 0.238. The summed E-state index contributed by atoms with van der Waals surface area (Å²) in [5.41, 5.74) is 5.39. The maximum Gasteiger partial charge on any atom is 0.338 e. The second-order valence-corrected chi connectivity index (χ2v) is 7.57. The number of hydrogen-bond acceptors (Lipinski definition) is 7. The third kappa shape index (κ3) is 7.82. The monoisotopic (exact) mass is 523 g/mol. The van der Waals surface area contributed by atoms with E-state index in [2.05, 4.69) is 32.1 Å². The smallest absolute Gasteiger partial charge is 0.338 e. The van der Waals surface area contributed by atoms with Gasteiger partial charge in [0.15, 0.2) is 11.7 Å². The lowest BCUT2D eigenvalue weighted by molar-refractivity contribution is -0.123. The van der Waals surface area contributed by atoms with Gasteiger partial charge in [0.1, 0.15) is 11.5 Å². The van der Waals surface area contributed by atoms with Crippen LogP contribution in [0.25, 0.3) is 0 Å². The molecule has 0 saturated carbocycles. The number of thiocarbonyl (C=S) groups is 1. The summed E-state index contributed by atoms with van der Waals surface area (Å²) in [4.78, 5) is 36.1. The molecule has 0 aromatic heterocycles. The summed E-state index contributed by atoms with van der Waals surface area (Å²) >= 11 is 8.30. The average Bonchev–Trinajstić information content (AvgIpc) is 2.80. The van der Waals surface area contributed by atoms with Crippen molar-refractivity contribution in [3.05, 3.63) is 58.1 Å². The molecule has 0 fully saturated rings. The first-order chi connectivity index (χ1) is 15.3. The van der Waals surface area contributed by atoms with E-state index >= 15 is 0 Å². The van der Waals surface area contributed by atoms with E-state index in [1.807, 2.05) is 6.92 Å². The van der Waals surface area contributed by atoms with Gasteiger partial charge in [0.2, 0.25) is 0 Å². The van der Waals surface area contributed by atoms with Crippen LogP contribution in [0, 0.1) is 0 Å². The van der Waals surface area contributed by atoms with E-state index in [0.29, 0.717) is 28.1 Å². The van der Waals surface area contributed by atoms with E-state index in [4.69, 9.17) is 26.4 Å². The Morgan fingerprint density at radius 3 is 2.44 bits per heavy atom. The van der Waals surface area contributed by atoms with Crippen molar-refractivity contribution in [3.63, 3.8) is 0 Å². The van der Waals surface area contributed by atoms with Gasteiger partial charge in [-0.25, -0.2) is 4.79 Å². The fourth-order valence-electron chi connectivity index (χ4n) is 2.34. The number of halogens is 1. The van der Waals surface area contributed by atoms with Gasteiger partial charge in [-0.1, -0.05) is 22.9 Å². The van der Waals surface area contributed by atoms with E-state index in [1.165, 1.54) is 7.11 Å². The van der Waals surface area contributed by atoms with Gasteiger partial charge in [-0.15, -0.1) is 0 Å². The molecule has 2 aromatic rings. The van der Waals surface area contributed by atoms with Crippen molar-refractivity contribution in [1.29, 1.82) is 0 Å². The zero-order valence-corrected chi connectivity index (χ0v) is 19.8. The summed E-state index contributed by atoms with van der Waals surface area (Å²) in [6.07, 6.45) is 0.738. The Morgan fingerprint density at radius 2 is 1.78 bits per heavy atom. The van der Waals surface area contributed by atoms with Crippen LogP contribution in [-0.4, -0.2) is 43.2 Å². The highest BCUT2D eigenvalue weighted by Crippen LogP contribution is 2.22. The molecule has 0 aliphatic heterocycles. The summed E-state index contributed by atoms with van der Waals surface area (Å²) in [5, 5.41) is 2.33. The highest BCUT2D eigenvalue weighted by molar-refractivity contribution is 9.10. The van der Waals surface area contributed by atoms with Crippen molar-refractivity contribution < 1.29 is 28.6 Å². The second-order valence-electron chi connectivity index (χ2n) is 6.25. The predicted molar refractivity (Wildman–Crippen MR) is 125 cm³/mol. The lowest BCUT2D eigenvalue weighted by Crippen LogP contribution is -2.49. The van der Waals surface area contributed by atoms with E-state index in [9.17, 15) is 14.4 Å². The van der Waals surface area contributed by atoms with E-state index < -0.39 is 17.8 Å². The predicted octanol–water partition coefficient (Wildman–Crippen LogP) is 2.74. The molecular formula is C21H22BrN3O6S. The molecule has 0 unspecified atom stereocenters. The molecule has 0 spiro atoms. The standard InChI is InChI=1S/C21H22BrN3O6S/c1-3-10-30-20(28)13-4-7-15(8-5-13)31-12-18(26)24-25-21(32)23-19(27)16-11-14(22)6-9-17(16)29-2/h4-9,11H,3,10,12H2,1-2H3,(H,24,26)(H2,23,25,27,32). The van der Waals surface area contributed by atoms with Crippen LogP contribution in [0.3, 0.4) is 0 Å². The minimum absolute atomic E-state index is 0.111. The number of carbonyl (C=O) groups excluding carboxylic acids is 3. The Bertz CT molecular complexity index is 984. The molecule has 0 aliphatic carbocycles. The number of amides is 2. The second kappa shape index (κ2) is 12.6.